The molecule has 0 aliphatic rings. The summed E-state index contributed by atoms with van der Waals surface area (Å²) >= 11 is 0. The van der Waals surface area contributed by atoms with Crippen LogP contribution in [0.15, 0.2) is 59.5 Å². The Kier molecular flexibility index (Phi) is 2.76. The van der Waals surface area contributed by atoms with Crippen LogP contribution in [0.25, 0.3) is 5.65 Å². The van der Waals surface area contributed by atoms with Gasteiger partial charge < -0.3 is 5.73 Å². The lowest BCUT2D eigenvalue weighted by Gasteiger charge is -2.09. The van der Waals surface area contributed by atoms with Crippen molar-refractivity contribution in [1.29, 1.82) is 0 Å². The Morgan fingerprint density at radius 2 is 1.79 bits per heavy atom. The fraction of sp³-hybridized carbons (Fsp3) is 0.0667. The highest BCUT2D eigenvalue weighted by atomic mass is 16.1. The van der Waals surface area contributed by atoms with E-state index in [1.54, 1.807) is 10.5 Å². The van der Waals surface area contributed by atoms with Crippen molar-refractivity contribution < 1.29 is 0 Å². The van der Waals surface area contributed by atoms with Crippen molar-refractivity contribution in [3.63, 3.8) is 0 Å². The van der Waals surface area contributed by atoms with E-state index in [2.05, 4.69) is 4.98 Å². The zero-order chi connectivity index (χ0) is 13.2. The quantitative estimate of drug-likeness (QED) is 0.756. The van der Waals surface area contributed by atoms with Gasteiger partial charge in [0.1, 0.15) is 11.5 Å². The lowest BCUT2D eigenvalue weighted by Crippen LogP contribution is -2.19. The van der Waals surface area contributed by atoms with Crippen LogP contribution in [0.4, 0.5) is 5.82 Å². The molecular formula is C15H13N3O. The van der Waals surface area contributed by atoms with E-state index < -0.39 is 0 Å². The number of nitrogens with zero attached hydrogens (tertiary/aromatic N) is 2. The number of fused-ring (bicyclic) bond motifs is 1. The number of pyridine rings is 1. The molecule has 0 fully saturated rings. The van der Waals surface area contributed by atoms with Crippen LogP contribution in [0.5, 0.6) is 0 Å². The Hall–Kier alpha value is -2.62. The van der Waals surface area contributed by atoms with Crippen molar-refractivity contribution in [3.8, 4) is 0 Å². The summed E-state index contributed by atoms with van der Waals surface area (Å²) in [5.41, 5.74) is 7.99. The van der Waals surface area contributed by atoms with Gasteiger partial charge in [0.25, 0.3) is 5.56 Å². The maximum Gasteiger partial charge on any atom is 0.278 e. The average molecular weight is 251 g/mol. The molecule has 0 bridgehead atoms. The Labute approximate surface area is 110 Å². The third-order valence-electron chi connectivity index (χ3n) is 3.11. The van der Waals surface area contributed by atoms with Gasteiger partial charge in [-0.1, -0.05) is 36.4 Å². The van der Waals surface area contributed by atoms with E-state index in [1.165, 1.54) is 0 Å². The van der Waals surface area contributed by atoms with E-state index in [1.807, 2.05) is 48.7 Å². The molecular weight excluding hydrogens is 238 g/mol. The Morgan fingerprint density at radius 1 is 1.05 bits per heavy atom. The van der Waals surface area contributed by atoms with Crippen molar-refractivity contribution in [3.05, 3.63) is 76.2 Å². The molecule has 0 radical (unpaired) electrons. The Morgan fingerprint density at radius 3 is 2.58 bits per heavy atom. The molecule has 0 amide bonds. The number of hydrogen-bond donors (Lipinski definition) is 1. The van der Waals surface area contributed by atoms with Crippen LogP contribution in [0.1, 0.15) is 11.1 Å². The number of hydrogen-bond acceptors (Lipinski definition) is 3. The zero-order valence-corrected chi connectivity index (χ0v) is 10.3. The molecule has 0 spiro atoms. The number of aromatic nitrogens is 2. The first-order valence-electron chi connectivity index (χ1n) is 6.05. The highest BCUT2D eigenvalue weighted by molar-refractivity contribution is 5.51. The van der Waals surface area contributed by atoms with Crippen LogP contribution >= 0.6 is 0 Å². The van der Waals surface area contributed by atoms with E-state index >= 15 is 0 Å². The summed E-state index contributed by atoms with van der Waals surface area (Å²) in [7, 11) is 0. The molecule has 1 aromatic carbocycles. The highest BCUT2D eigenvalue weighted by Gasteiger charge is 2.10. The lowest BCUT2D eigenvalue weighted by atomic mass is 10.1. The van der Waals surface area contributed by atoms with Gasteiger partial charge in [-0.3, -0.25) is 9.20 Å². The average Bonchev–Trinajstić information content (AvgIpc) is 2.45. The fourth-order valence-electron chi connectivity index (χ4n) is 2.12. The predicted octanol–water partition coefficient (Wildman–Crippen LogP) is 1.87. The second-order valence-corrected chi connectivity index (χ2v) is 4.37. The summed E-state index contributed by atoms with van der Waals surface area (Å²) in [5, 5.41) is 0. The first kappa shape index (κ1) is 11.5. The topological polar surface area (TPSA) is 60.4 Å². The van der Waals surface area contributed by atoms with Gasteiger partial charge in [0.2, 0.25) is 0 Å². The van der Waals surface area contributed by atoms with Gasteiger partial charge in [-0.05, 0) is 17.7 Å². The van der Waals surface area contributed by atoms with Crippen LogP contribution in [-0.4, -0.2) is 9.38 Å². The molecule has 3 aromatic rings. The van der Waals surface area contributed by atoms with E-state index in [9.17, 15) is 4.79 Å². The molecule has 2 aromatic heterocycles. The molecule has 2 N–H and O–H groups in total. The third kappa shape index (κ3) is 2.08. The SMILES string of the molecule is Nc1c(Cc2ccccc2)c(=O)nc2ccccn12. The van der Waals surface area contributed by atoms with Crippen molar-refractivity contribution in [2.24, 2.45) is 0 Å². The van der Waals surface area contributed by atoms with Gasteiger partial charge in [-0.2, -0.15) is 4.98 Å². The van der Waals surface area contributed by atoms with Gasteiger partial charge in [0.05, 0.1) is 5.56 Å². The molecule has 0 saturated carbocycles. The Bertz CT molecular complexity index is 778. The Balaban J connectivity index is 2.16. The molecule has 3 rings (SSSR count). The summed E-state index contributed by atoms with van der Waals surface area (Å²) in [6.45, 7) is 0. The third-order valence-corrected chi connectivity index (χ3v) is 3.11. The van der Waals surface area contributed by atoms with E-state index in [0.29, 0.717) is 23.4 Å². The lowest BCUT2D eigenvalue weighted by molar-refractivity contribution is 1.02. The first-order valence-corrected chi connectivity index (χ1v) is 6.05. The van der Waals surface area contributed by atoms with Gasteiger partial charge >= 0.3 is 0 Å². The van der Waals surface area contributed by atoms with Crippen LogP contribution in [0.3, 0.4) is 0 Å². The fourth-order valence-corrected chi connectivity index (χ4v) is 2.12. The minimum atomic E-state index is -0.257. The molecule has 4 heteroatoms. The van der Waals surface area contributed by atoms with Gasteiger partial charge in [0, 0.05) is 12.6 Å². The maximum absolute atomic E-state index is 12.1. The second kappa shape index (κ2) is 4.57. The van der Waals surface area contributed by atoms with Gasteiger partial charge in [0.15, 0.2) is 0 Å². The number of benzene rings is 1. The molecule has 0 unspecified atom stereocenters. The largest absolute Gasteiger partial charge is 0.384 e. The summed E-state index contributed by atoms with van der Waals surface area (Å²) in [5.74, 6) is 0.458. The summed E-state index contributed by atoms with van der Waals surface area (Å²) < 4.78 is 1.74. The maximum atomic E-state index is 12.1. The molecule has 0 atom stereocenters. The number of anilines is 1. The predicted molar refractivity (Wildman–Crippen MR) is 75.1 cm³/mol. The van der Waals surface area contributed by atoms with E-state index in [4.69, 9.17) is 5.73 Å². The van der Waals surface area contributed by atoms with Crippen LogP contribution in [-0.2, 0) is 6.42 Å². The highest BCUT2D eigenvalue weighted by Crippen LogP contribution is 2.13. The molecule has 0 saturated heterocycles. The zero-order valence-electron chi connectivity index (χ0n) is 10.3. The molecule has 4 nitrogen and oxygen atoms in total. The minimum absolute atomic E-state index is 0.257. The molecule has 0 aliphatic carbocycles. The van der Waals surface area contributed by atoms with Crippen LogP contribution < -0.4 is 11.3 Å². The van der Waals surface area contributed by atoms with Crippen molar-refractivity contribution in [1.82, 2.24) is 9.38 Å². The van der Waals surface area contributed by atoms with Crippen LogP contribution in [0.2, 0.25) is 0 Å². The molecule has 94 valence electrons. The van der Waals surface area contributed by atoms with Crippen molar-refractivity contribution >= 4 is 11.5 Å². The number of nitrogens with two attached hydrogens (primary N) is 1. The monoisotopic (exact) mass is 251 g/mol. The molecule has 2 heterocycles. The van der Waals surface area contributed by atoms with E-state index in [0.717, 1.165) is 5.56 Å². The molecule has 19 heavy (non-hydrogen) atoms. The minimum Gasteiger partial charge on any atom is -0.384 e. The number of rotatable bonds is 2. The molecule has 0 aliphatic heterocycles. The smallest absolute Gasteiger partial charge is 0.278 e. The van der Waals surface area contributed by atoms with E-state index in [-0.39, 0.29) is 5.56 Å². The van der Waals surface area contributed by atoms with Crippen molar-refractivity contribution in [2.75, 3.05) is 5.73 Å². The summed E-state index contributed by atoms with van der Waals surface area (Å²) in [4.78, 5) is 16.1. The van der Waals surface area contributed by atoms with Crippen LogP contribution in [0, 0.1) is 0 Å². The summed E-state index contributed by atoms with van der Waals surface area (Å²) in [6.07, 6.45) is 2.31. The normalized spacial score (nSPS) is 10.7. The van der Waals surface area contributed by atoms with Crippen molar-refractivity contribution in [2.45, 2.75) is 6.42 Å². The standard InChI is InChI=1S/C15H13N3O/c16-14-12(10-11-6-2-1-3-7-11)15(19)17-13-8-4-5-9-18(13)14/h1-9H,10,16H2. The summed E-state index contributed by atoms with van der Waals surface area (Å²) in [6, 6.07) is 15.2. The van der Waals surface area contributed by atoms with Gasteiger partial charge in [-0.15, -0.1) is 0 Å². The number of nitrogen functional groups attached to an aromatic ring is 1. The second-order valence-electron chi connectivity index (χ2n) is 4.37. The van der Waals surface area contributed by atoms with Gasteiger partial charge in [-0.25, -0.2) is 0 Å². The first-order chi connectivity index (χ1) is 9.25.